The van der Waals surface area contributed by atoms with Crippen LogP contribution in [0, 0.1) is 6.92 Å². The van der Waals surface area contributed by atoms with E-state index in [9.17, 15) is 13.2 Å². The van der Waals surface area contributed by atoms with Gasteiger partial charge >= 0.3 is 0 Å². The topological polar surface area (TPSA) is 75.7 Å². The molecule has 0 bridgehead atoms. The summed E-state index contributed by atoms with van der Waals surface area (Å²) < 4.78 is 33.1. The highest BCUT2D eigenvalue weighted by Crippen LogP contribution is 2.31. The van der Waals surface area contributed by atoms with E-state index in [1.807, 2.05) is 31.2 Å². The molecule has 1 aliphatic heterocycles. The van der Waals surface area contributed by atoms with Crippen molar-refractivity contribution in [2.24, 2.45) is 0 Å². The number of nitrogens with zero attached hydrogens (tertiary/aromatic N) is 1. The van der Waals surface area contributed by atoms with Crippen molar-refractivity contribution in [1.29, 1.82) is 0 Å². The summed E-state index contributed by atoms with van der Waals surface area (Å²) in [5.74, 6) is -0.0344. The first-order chi connectivity index (χ1) is 13.9. The van der Waals surface area contributed by atoms with Gasteiger partial charge in [-0.2, -0.15) is 4.31 Å². The van der Waals surface area contributed by atoms with Gasteiger partial charge in [0.2, 0.25) is 15.9 Å². The number of nitrogens with one attached hydrogen (secondary N) is 1. The number of rotatable bonds is 7. The summed E-state index contributed by atoms with van der Waals surface area (Å²) in [5.41, 5.74) is 2.44. The maximum absolute atomic E-state index is 13.0. The van der Waals surface area contributed by atoms with E-state index < -0.39 is 10.0 Å². The molecule has 0 unspecified atom stereocenters. The summed E-state index contributed by atoms with van der Waals surface area (Å²) in [5, 5.41) is 2.73. The minimum Gasteiger partial charge on any atom is -0.492 e. The van der Waals surface area contributed by atoms with Crippen LogP contribution in [0.3, 0.4) is 0 Å². The van der Waals surface area contributed by atoms with Crippen LogP contribution in [0.1, 0.15) is 30.9 Å². The summed E-state index contributed by atoms with van der Waals surface area (Å²) in [7, 11) is -3.67. The van der Waals surface area contributed by atoms with Crippen molar-refractivity contribution < 1.29 is 17.9 Å². The molecule has 1 saturated heterocycles. The van der Waals surface area contributed by atoms with Crippen molar-refractivity contribution in [3.8, 4) is 5.75 Å². The predicted octanol–water partition coefficient (Wildman–Crippen LogP) is 3.83. The zero-order valence-electron chi connectivity index (χ0n) is 16.7. The molecule has 2 aromatic carbocycles. The summed E-state index contributed by atoms with van der Waals surface area (Å²) in [4.78, 5) is 12.4. The molecule has 6 nitrogen and oxygen atoms in total. The smallest absolute Gasteiger partial charge is 0.248 e. The van der Waals surface area contributed by atoms with Crippen LogP contribution in [0.15, 0.2) is 53.4 Å². The number of amides is 1. The summed E-state index contributed by atoms with van der Waals surface area (Å²) in [6, 6.07) is 12.5. The zero-order chi connectivity index (χ0) is 20.9. The van der Waals surface area contributed by atoms with Crippen molar-refractivity contribution in [1.82, 2.24) is 4.31 Å². The highest BCUT2D eigenvalue weighted by Gasteiger charge is 2.30. The molecule has 3 rings (SSSR count). The number of benzene rings is 2. The van der Waals surface area contributed by atoms with Gasteiger partial charge in [-0.3, -0.25) is 4.79 Å². The number of carbonyl (C=O) groups excluding carboxylic acids is 1. The molecule has 7 heteroatoms. The second-order valence-electron chi connectivity index (χ2n) is 6.94. The van der Waals surface area contributed by atoms with Crippen LogP contribution in [0.2, 0.25) is 0 Å². The third-order valence-corrected chi connectivity index (χ3v) is 6.58. The third kappa shape index (κ3) is 5.25. The Kier molecular flexibility index (Phi) is 6.71. The fourth-order valence-corrected chi connectivity index (χ4v) is 4.93. The Morgan fingerprint density at radius 2 is 1.93 bits per heavy atom. The Morgan fingerprint density at radius 1 is 1.17 bits per heavy atom. The van der Waals surface area contributed by atoms with Crippen molar-refractivity contribution in [3.05, 3.63) is 59.7 Å². The molecule has 1 N–H and O–H groups in total. The van der Waals surface area contributed by atoms with E-state index >= 15 is 0 Å². The number of hydrogen-bond donors (Lipinski definition) is 1. The van der Waals surface area contributed by atoms with Gasteiger partial charge in [0.25, 0.3) is 0 Å². The first kappa shape index (κ1) is 21.1. The lowest BCUT2D eigenvalue weighted by atomic mass is 10.1. The fraction of sp³-hybridized carbons (Fsp3) is 0.318. The van der Waals surface area contributed by atoms with E-state index in [-0.39, 0.29) is 10.8 Å². The molecule has 0 radical (unpaired) electrons. The van der Waals surface area contributed by atoms with Gasteiger partial charge in [0.05, 0.1) is 6.61 Å². The molecule has 1 heterocycles. The van der Waals surface area contributed by atoms with E-state index in [0.717, 1.165) is 24.0 Å². The highest BCUT2D eigenvalue weighted by molar-refractivity contribution is 7.89. The molecule has 0 aromatic heterocycles. The van der Waals surface area contributed by atoms with Crippen LogP contribution in [0.4, 0.5) is 5.69 Å². The molecule has 0 aliphatic carbocycles. The van der Waals surface area contributed by atoms with Crippen molar-refractivity contribution in [2.75, 3.05) is 25.0 Å². The number of hydrogen-bond acceptors (Lipinski definition) is 4. The van der Waals surface area contributed by atoms with Crippen molar-refractivity contribution in [3.63, 3.8) is 0 Å². The minimum absolute atomic E-state index is 0.0849. The molecule has 0 atom stereocenters. The van der Waals surface area contributed by atoms with E-state index in [1.165, 1.54) is 16.4 Å². The lowest BCUT2D eigenvalue weighted by molar-refractivity contribution is -0.111. The van der Waals surface area contributed by atoms with Crippen LogP contribution in [0.5, 0.6) is 5.75 Å². The molecule has 1 amide bonds. The average Bonchev–Trinajstić information content (AvgIpc) is 3.23. The minimum atomic E-state index is -3.67. The Balaban J connectivity index is 1.82. The van der Waals surface area contributed by atoms with Crippen LogP contribution < -0.4 is 10.1 Å². The number of ether oxygens (including phenoxy) is 1. The lowest BCUT2D eigenvalue weighted by Gasteiger charge is -2.19. The van der Waals surface area contributed by atoms with E-state index in [0.29, 0.717) is 31.1 Å². The van der Waals surface area contributed by atoms with Crippen molar-refractivity contribution in [2.45, 2.75) is 31.6 Å². The van der Waals surface area contributed by atoms with E-state index in [4.69, 9.17) is 4.74 Å². The predicted molar refractivity (Wildman–Crippen MR) is 114 cm³/mol. The molecule has 1 aliphatic rings. The maximum atomic E-state index is 13.0. The van der Waals surface area contributed by atoms with Crippen molar-refractivity contribution >= 4 is 27.7 Å². The Hall–Kier alpha value is -2.64. The molecule has 0 spiro atoms. The van der Waals surface area contributed by atoms with Gasteiger partial charge in [0, 0.05) is 24.9 Å². The van der Waals surface area contributed by atoms with E-state index in [1.54, 1.807) is 25.1 Å². The standard InChI is InChI=1S/C22H26N2O4S/c1-3-28-20-11-10-19(16-21(20)29(26,27)24-13-4-5-14-24)23-22(25)12-9-18-8-6-7-17(2)15-18/h6-12,15-16H,3-5,13-14H2,1-2H3,(H,23,25)/b12-9+. The monoisotopic (exact) mass is 414 g/mol. The Morgan fingerprint density at radius 3 is 2.62 bits per heavy atom. The van der Waals surface area contributed by atoms with Crippen LogP contribution in [-0.2, 0) is 14.8 Å². The molecule has 2 aromatic rings. The zero-order valence-corrected chi connectivity index (χ0v) is 17.5. The highest BCUT2D eigenvalue weighted by atomic mass is 32.2. The largest absolute Gasteiger partial charge is 0.492 e. The summed E-state index contributed by atoms with van der Waals surface area (Å²) in [6.45, 7) is 5.15. The molecule has 29 heavy (non-hydrogen) atoms. The number of anilines is 1. The van der Waals surface area contributed by atoms with Crippen LogP contribution in [-0.4, -0.2) is 38.3 Å². The van der Waals surface area contributed by atoms with Gasteiger partial charge in [0.15, 0.2) is 0 Å². The van der Waals surface area contributed by atoms with Gasteiger partial charge in [-0.1, -0.05) is 29.8 Å². The summed E-state index contributed by atoms with van der Waals surface area (Å²) >= 11 is 0. The average molecular weight is 415 g/mol. The molecule has 1 fully saturated rings. The molecule has 154 valence electrons. The molecule has 0 saturated carbocycles. The Labute approximate surface area is 172 Å². The first-order valence-electron chi connectivity index (χ1n) is 9.73. The fourth-order valence-electron chi connectivity index (χ4n) is 3.26. The molecular weight excluding hydrogens is 388 g/mol. The maximum Gasteiger partial charge on any atom is 0.248 e. The third-order valence-electron chi connectivity index (χ3n) is 4.66. The van der Waals surface area contributed by atoms with Gasteiger partial charge in [-0.05, 0) is 56.5 Å². The van der Waals surface area contributed by atoms with Gasteiger partial charge in [-0.15, -0.1) is 0 Å². The number of carbonyl (C=O) groups is 1. The van der Waals surface area contributed by atoms with Gasteiger partial charge in [0.1, 0.15) is 10.6 Å². The van der Waals surface area contributed by atoms with E-state index in [2.05, 4.69) is 5.32 Å². The van der Waals surface area contributed by atoms with Gasteiger partial charge < -0.3 is 10.1 Å². The van der Waals surface area contributed by atoms with Crippen LogP contribution >= 0.6 is 0 Å². The first-order valence-corrected chi connectivity index (χ1v) is 11.2. The summed E-state index contributed by atoms with van der Waals surface area (Å²) in [6.07, 6.45) is 4.85. The van der Waals surface area contributed by atoms with Gasteiger partial charge in [-0.25, -0.2) is 8.42 Å². The molecular formula is C22H26N2O4S. The lowest BCUT2D eigenvalue weighted by Crippen LogP contribution is -2.28. The SMILES string of the molecule is CCOc1ccc(NC(=O)/C=C/c2cccc(C)c2)cc1S(=O)(=O)N1CCCC1. The second-order valence-corrected chi connectivity index (χ2v) is 8.85. The van der Waals surface area contributed by atoms with Crippen LogP contribution in [0.25, 0.3) is 6.08 Å². The number of sulfonamides is 1. The quantitative estimate of drug-likeness (QED) is 0.699. The normalized spacial score (nSPS) is 15.0. The Bertz CT molecular complexity index is 1010. The number of aryl methyl sites for hydroxylation is 1. The second kappa shape index (κ2) is 9.24.